The molecule has 40 heavy (non-hydrogen) atoms. The van der Waals surface area contributed by atoms with Crippen LogP contribution in [0.25, 0.3) is 55.8 Å². The van der Waals surface area contributed by atoms with Gasteiger partial charge >= 0.3 is 0 Å². The fourth-order valence-corrected chi connectivity index (χ4v) is 5.17. The van der Waals surface area contributed by atoms with E-state index in [1.165, 1.54) is 12.1 Å². The molecule has 0 bridgehead atoms. The topological polar surface area (TPSA) is 135 Å². The summed E-state index contributed by atoms with van der Waals surface area (Å²) in [6, 6.07) is 8.95. The highest BCUT2D eigenvalue weighted by atomic mass is 19.1. The van der Waals surface area contributed by atoms with Crippen molar-refractivity contribution in [3.8, 4) is 33.8 Å². The number of fused-ring (bicyclic) bond motifs is 2. The second kappa shape index (κ2) is 10.2. The second-order valence-corrected chi connectivity index (χ2v) is 9.89. The van der Waals surface area contributed by atoms with Gasteiger partial charge in [0.1, 0.15) is 11.5 Å². The Balaban J connectivity index is 1.26. The number of pyridine rings is 3. The summed E-state index contributed by atoms with van der Waals surface area (Å²) in [6.45, 7) is 4.41. The van der Waals surface area contributed by atoms with Crippen LogP contribution in [-0.4, -0.2) is 66.3 Å². The molecule has 10 nitrogen and oxygen atoms in total. The summed E-state index contributed by atoms with van der Waals surface area (Å²) in [5.74, 6) is 0.229. The lowest BCUT2D eigenvalue weighted by Crippen LogP contribution is -2.35. The first kappa shape index (κ1) is 24.5. The molecule has 6 aromatic rings. The van der Waals surface area contributed by atoms with Crippen molar-refractivity contribution in [3.63, 3.8) is 0 Å². The number of halogens is 1. The number of aromatic amines is 2. The molecular weight excluding hydrogens is 509 g/mol. The lowest BCUT2D eigenvalue weighted by molar-refractivity contribution is 0.0341. The monoisotopic (exact) mass is 535 g/mol. The summed E-state index contributed by atoms with van der Waals surface area (Å²) < 4.78 is 19.8. The van der Waals surface area contributed by atoms with Crippen molar-refractivity contribution in [2.75, 3.05) is 26.3 Å². The van der Waals surface area contributed by atoms with Gasteiger partial charge in [0, 0.05) is 67.7 Å². The first-order chi connectivity index (χ1) is 19.6. The van der Waals surface area contributed by atoms with Crippen LogP contribution in [0, 0.1) is 5.82 Å². The predicted molar refractivity (Wildman–Crippen MR) is 149 cm³/mol. The van der Waals surface area contributed by atoms with Crippen LogP contribution in [0.2, 0.25) is 0 Å². The van der Waals surface area contributed by atoms with Crippen LogP contribution in [-0.2, 0) is 17.8 Å². The van der Waals surface area contributed by atoms with Gasteiger partial charge in [-0.25, -0.2) is 14.4 Å². The molecule has 4 N–H and O–H groups in total. The molecule has 200 valence electrons. The average molecular weight is 536 g/mol. The Morgan fingerprint density at radius 3 is 2.60 bits per heavy atom. The maximum absolute atomic E-state index is 14.3. The summed E-state index contributed by atoms with van der Waals surface area (Å²) in [7, 11) is 0. The van der Waals surface area contributed by atoms with Crippen LogP contribution < -0.4 is 5.73 Å². The van der Waals surface area contributed by atoms with E-state index in [1.54, 1.807) is 12.4 Å². The Morgan fingerprint density at radius 1 is 0.900 bits per heavy atom. The van der Waals surface area contributed by atoms with Gasteiger partial charge in [0.25, 0.3) is 0 Å². The number of morpholine rings is 1. The highest BCUT2D eigenvalue weighted by Gasteiger charge is 2.17. The standard InChI is InChI=1S/C29H26FN9O/c30-22-7-17(10-31)5-19(8-22)24-14-33-15-25-26(24)36-29(35-25)27-23-9-21(13-34-28(23)38-37-27)20-6-18(11-32-12-20)16-39-1-3-40-4-2-39/h5-9,11-15H,1-4,10,16,31H2,(H,35,36)(H,34,37,38). The van der Waals surface area contributed by atoms with Crippen molar-refractivity contribution in [2.24, 2.45) is 5.73 Å². The predicted octanol–water partition coefficient (Wildman–Crippen LogP) is 4.06. The van der Waals surface area contributed by atoms with Gasteiger partial charge in [-0.3, -0.25) is 20.0 Å². The van der Waals surface area contributed by atoms with Gasteiger partial charge in [-0.2, -0.15) is 5.10 Å². The van der Waals surface area contributed by atoms with Gasteiger partial charge in [0.15, 0.2) is 11.5 Å². The van der Waals surface area contributed by atoms with Crippen LogP contribution in [0.15, 0.2) is 61.3 Å². The van der Waals surface area contributed by atoms with Gasteiger partial charge in [0.2, 0.25) is 0 Å². The van der Waals surface area contributed by atoms with Crippen LogP contribution >= 0.6 is 0 Å². The number of nitrogens with zero attached hydrogens (tertiary/aromatic N) is 6. The number of ether oxygens (including phenoxy) is 1. The zero-order valence-corrected chi connectivity index (χ0v) is 21.6. The average Bonchev–Trinajstić information content (AvgIpc) is 3.61. The number of nitrogens with two attached hydrogens (primary N) is 1. The molecule has 1 aliphatic heterocycles. The summed E-state index contributed by atoms with van der Waals surface area (Å²) in [5.41, 5.74) is 13.6. The minimum absolute atomic E-state index is 0.237. The molecule has 0 amide bonds. The molecule has 1 aromatic carbocycles. The van der Waals surface area contributed by atoms with Gasteiger partial charge in [-0.05, 0) is 47.0 Å². The molecule has 1 fully saturated rings. The summed E-state index contributed by atoms with van der Waals surface area (Å²) in [6.07, 6.45) is 8.95. The molecule has 0 saturated carbocycles. The quantitative estimate of drug-likeness (QED) is 0.291. The third-order valence-electron chi connectivity index (χ3n) is 7.18. The first-order valence-electron chi connectivity index (χ1n) is 13.1. The lowest BCUT2D eigenvalue weighted by atomic mass is 10.0. The van der Waals surface area contributed by atoms with Crippen molar-refractivity contribution in [1.82, 2.24) is 40.0 Å². The van der Waals surface area contributed by atoms with Crippen LogP contribution in [0.3, 0.4) is 0 Å². The van der Waals surface area contributed by atoms with Crippen LogP contribution in [0.4, 0.5) is 4.39 Å². The van der Waals surface area contributed by atoms with Crippen molar-refractivity contribution in [2.45, 2.75) is 13.1 Å². The summed E-state index contributed by atoms with van der Waals surface area (Å²) >= 11 is 0. The number of rotatable bonds is 6. The number of imidazole rings is 1. The summed E-state index contributed by atoms with van der Waals surface area (Å²) in [4.78, 5) is 24.0. The number of benzene rings is 1. The van der Waals surface area contributed by atoms with Gasteiger partial charge in [0.05, 0.1) is 35.8 Å². The van der Waals surface area contributed by atoms with E-state index in [4.69, 9.17) is 15.5 Å². The van der Waals surface area contributed by atoms with E-state index in [0.29, 0.717) is 39.4 Å². The number of nitrogens with one attached hydrogen (secondary N) is 2. The Labute approximate surface area is 228 Å². The van der Waals surface area contributed by atoms with Crippen molar-refractivity contribution in [3.05, 3.63) is 78.3 Å². The fraction of sp³-hybridized carbons (Fsp3) is 0.207. The maximum Gasteiger partial charge on any atom is 0.181 e. The van der Waals surface area contributed by atoms with E-state index in [0.717, 1.165) is 60.4 Å². The molecule has 6 heterocycles. The lowest BCUT2D eigenvalue weighted by Gasteiger charge is -2.26. The van der Waals surface area contributed by atoms with Gasteiger partial charge < -0.3 is 15.5 Å². The molecule has 1 saturated heterocycles. The van der Waals surface area contributed by atoms with Crippen LogP contribution in [0.1, 0.15) is 11.1 Å². The molecule has 11 heteroatoms. The highest BCUT2D eigenvalue weighted by Crippen LogP contribution is 2.32. The van der Waals surface area contributed by atoms with E-state index in [-0.39, 0.29) is 12.4 Å². The van der Waals surface area contributed by atoms with Crippen molar-refractivity contribution in [1.29, 1.82) is 0 Å². The molecule has 0 atom stereocenters. The second-order valence-electron chi connectivity index (χ2n) is 9.89. The minimum atomic E-state index is -0.354. The van der Waals surface area contributed by atoms with Crippen LogP contribution in [0.5, 0.6) is 0 Å². The van der Waals surface area contributed by atoms with E-state index >= 15 is 0 Å². The third-order valence-corrected chi connectivity index (χ3v) is 7.18. The number of hydrogen-bond donors (Lipinski definition) is 3. The smallest absolute Gasteiger partial charge is 0.181 e. The van der Waals surface area contributed by atoms with Crippen molar-refractivity contribution >= 4 is 22.1 Å². The van der Waals surface area contributed by atoms with Gasteiger partial charge in [-0.1, -0.05) is 0 Å². The van der Waals surface area contributed by atoms with E-state index in [1.807, 2.05) is 30.7 Å². The van der Waals surface area contributed by atoms with Crippen molar-refractivity contribution < 1.29 is 9.13 Å². The molecule has 0 radical (unpaired) electrons. The Kier molecular flexibility index (Phi) is 6.23. The minimum Gasteiger partial charge on any atom is -0.379 e. The molecule has 0 aliphatic carbocycles. The normalized spacial score (nSPS) is 14.3. The van der Waals surface area contributed by atoms with E-state index < -0.39 is 0 Å². The SMILES string of the molecule is NCc1cc(F)cc(-c2cncc3[nH]c(-c4[nH]nc5ncc(-c6cncc(CN7CCOCC7)c6)cc45)nc23)c1. The maximum atomic E-state index is 14.3. The van der Waals surface area contributed by atoms with E-state index in [9.17, 15) is 4.39 Å². The third kappa shape index (κ3) is 4.60. The molecule has 7 rings (SSSR count). The van der Waals surface area contributed by atoms with E-state index in [2.05, 4.69) is 41.1 Å². The zero-order chi connectivity index (χ0) is 27.1. The fourth-order valence-electron chi connectivity index (χ4n) is 5.17. The Bertz CT molecular complexity index is 1840. The molecule has 5 aromatic heterocycles. The number of hydrogen-bond acceptors (Lipinski definition) is 8. The Morgan fingerprint density at radius 2 is 1.73 bits per heavy atom. The molecule has 0 spiro atoms. The van der Waals surface area contributed by atoms with Gasteiger partial charge in [-0.15, -0.1) is 0 Å². The largest absolute Gasteiger partial charge is 0.379 e. The molecule has 0 unspecified atom stereocenters. The summed E-state index contributed by atoms with van der Waals surface area (Å²) in [5, 5.41) is 8.31. The molecular formula is C29H26FN9O. The highest BCUT2D eigenvalue weighted by molar-refractivity contribution is 5.96. The zero-order valence-electron chi connectivity index (χ0n) is 21.6. The number of H-pyrrole nitrogens is 2. The molecule has 1 aliphatic rings. The first-order valence-corrected chi connectivity index (χ1v) is 13.1. The number of aromatic nitrogens is 7. The Hall–Kier alpha value is -4.58.